The number of hydrogen-bond acceptors (Lipinski definition) is 5. The average Bonchev–Trinajstić information content (AvgIpc) is 2.69. The molecule has 1 heterocycles. The molecule has 1 fully saturated rings. The molecule has 0 bridgehead atoms. The number of methoxy groups -OCH3 is 1. The molecule has 0 aromatic heterocycles. The Balaban J connectivity index is 1.56. The highest BCUT2D eigenvalue weighted by molar-refractivity contribution is 9.10. The summed E-state index contributed by atoms with van der Waals surface area (Å²) in [5, 5.41) is 10.5. The zero-order valence-corrected chi connectivity index (χ0v) is 17.3. The van der Waals surface area contributed by atoms with Gasteiger partial charge in [0.15, 0.2) is 11.5 Å². The molecule has 0 amide bonds. The van der Waals surface area contributed by atoms with Crippen molar-refractivity contribution in [2.45, 2.75) is 25.2 Å². The van der Waals surface area contributed by atoms with Crippen LogP contribution in [-0.2, 0) is 4.74 Å². The first-order valence-corrected chi connectivity index (χ1v) is 9.92. The van der Waals surface area contributed by atoms with E-state index in [-0.39, 0.29) is 18.8 Å². The highest BCUT2D eigenvalue weighted by atomic mass is 79.9. The van der Waals surface area contributed by atoms with E-state index in [2.05, 4.69) is 39.9 Å². The maximum Gasteiger partial charge on any atom is 0.161 e. The zero-order chi connectivity index (χ0) is 19.2. The number of halogens is 1. The number of β-amino-alcohol motifs (C(OH)–C–C–N with tert-alkyl or cyclic N) is 1. The van der Waals surface area contributed by atoms with Gasteiger partial charge in [-0.1, -0.05) is 40.2 Å². The van der Waals surface area contributed by atoms with E-state index in [4.69, 9.17) is 14.2 Å². The third-order valence-electron chi connectivity index (χ3n) is 4.83. The minimum absolute atomic E-state index is 0.00538. The van der Waals surface area contributed by atoms with Crippen LogP contribution in [0.3, 0.4) is 0 Å². The van der Waals surface area contributed by atoms with Crippen molar-refractivity contribution in [1.82, 2.24) is 4.90 Å². The van der Waals surface area contributed by atoms with Gasteiger partial charge in [-0.15, -0.1) is 0 Å². The minimum Gasteiger partial charge on any atom is -0.493 e. The van der Waals surface area contributed by atoms with E-state index < -0.39 is 6.10 Å². The summed E-state index contributed by atoms with van der Waals surface area (Å²) in [5.74, 6) is 1.31. The summed E-state index contributed by atoms with van der Waals surface area (Å²) in [7, 11) is 1.61. The number of aliphatic hydroxyl groups is 1. The molecule has 6 heteroatoms. The van der Waals surface area contributed by atoms with Crippen LogP contribution in [0.5, 0.6) is 11.5 Å². The van der Waals surface area contributed by atoms with Crippen LogP contribution in [0.25, 0.3) is 0 Å². The second kappa shape index (κ2) is 9.55. The lowest BCUT2D eigenvalue weighted by atomic mass is 10.0. The Labute approximate surface area is 169 Å². The van der Waals surface area contributed by atoms with Crippen molar-refractivity contribution in [3.05, 3.63) is 58.6 Å². The molecule has 27 heavy (non-hydrogen) atoms. The predicted octanol–water partition coefficient (Wildman–Crippen LogP) is 3.66. The number of ether oxygens (including phenoxy) is 3. The van der Waals surface area contributed by atoms with Crippen molar-refractivity contribution >= 4 is 15.9 Å². The van der Waals surface area contributed by atoms with Gasteiger partial charge in [-0.3, -0.25) is 4.90 Å². The summed E-state index contributed by atoms with van der Waals surface area (Å²) >= 11 is 3.47. The fourth-order valence-corrected chi connectivity index (χ4v) is 3.63. The first kappa shape index (κ1) is 20.1. The van der Waals surface area contributed by atoms with Crippen molar-refractivity contribution < 1.29 is 19.3 Å². The number of rotatable bonds is 7. The van der Waals surface area contributed by atoms with Crippen LogP contribution in [-0.4, -0.2) is 55.6 Å². The zero-order valence-electron chi connectivity index (χ0n) is 15.7. The second-order valence-electron chi connectivity index (χ2n) is 6.69. The van der Waals surface area contributed by atoms with Gasteiger partial charge < -0.3 is 19.3 Å². The molecule has 0 saturated carbocycles. The highest BCUT2D eigenvalue weighted by Gasteiger charge is 2.31. The van der Waals surface area contributed by atoms with Crippen LogP contribution in [0.4, 0.5) is 0 Å². The molecule has 3 unspecified atom stereocenters. The third kappa shape index (κ3) is 5.23. The molecule has 3 rings (SSSR count). The van der Waals surface area contributed by atoms with E-state index in [1.54, 1.807) is 7.11 Å². The van der Waals surface area contributed by atoms with Crippen molar-refractivity contribution in [3.8, 4) is 11.5 Å². The van der Waals surface area contributed by atoms with Crippen LogP contribution in [0.2, 0.25) is 0 Å². The van der Waals surface area contributed by atoms with Crippen LogP contribution in [0.1, 0.15) is 18.6 Å². The third-order valence-corrected chi connectivity index (χ3v) is 5.36. The smallest absolute Gasteiger partial charge is 0.161 e. The van der Waals surface area contributed by atoms with Crippen molar-refractivity contribution in [1.29, 1.82) is 0 Å². The molecule has 3 atom stereocenters. The molecule has 1 aliphatic heterocycles. The van der Waals surface area contributed by atoms with Crippen molar-refractivity contribution in [2.24, 2.45) is 0 Å². The molecule has 2 aromatic carbocycles. The molecule has 1 N–H and O–H groups in total. The molecular formula is C21H26BrNO4. The lowest BCUT2D eigenvalue weighted by molar-refractivity contribution is -0.0805. The topological polar surface area (TPSA) is 51.2 Å². The van der Waals surface area contributed by atoms with E-state index in [0.29, 0.717) is 24.7 Å². The number of benzene rings is 2. The molecule has 0 aliphatic carbocycles. The number of nitrogens with zero attached hydrogens (tertiary/aromatic N) is 1. The standard InChI is InChI=1S/C21H26BrNO4/c1-15-21(16-7-9-17(22)10-8-16)26-12-11-23(15)13-18(24)14-27-20-6-4-3-5-19(20)25-2/h3-10,15,18,21,24H,11-14H2,1-2H3. The maximum absolute atomic E-state index is 10.5. The number of hydrogen-bond donors (Lipinski definition) is 1. The van der Waals surface area contributed by atoms with Gasteiger partial charge in [-0.25, -0.2) is 0 Å². The van der Waals surface area contributed by atoms with Crippen LogP contribution < -0.4 is 9.47 Å². The quantitative estimate of drug-likeness (QED) is 0.718. The molecule has 5 nitrogen and oxygen atoms in total. The van der Waals surface area contributed by atoms with E-state index in [1.165, 1.54) is 0 Å². The molecule has 0 radical (unpaired) electrons. The SMILES string of the molecule is COc1ccccc1OCC(O)CN1CCOC(c2ccc(Br)cc2)C1C. The highest BCUT2D eigenvalue weighted by Crippen LogP contribution is 2.30. The lowest BCUT2D eigenvalue weighted by Crippen LogP contribution is -2.49. The fraction of sp³-hybridized carbons (Fsp3) is 0.429. The van der Waals surface area contributed by atoms with Crippen molar-refractivity contribution in [2.75, 3.05) is 33.4 Å². The first-order chi connectivity index (χ1) is 13.1. The summed E-state index contributed by atoms with van der Waals surface area (Å²) in [5.41, 5.74) is 1.15. The van der Waals surface area contributed by atoms with Gasteiger partial charge in [0.2, 0.25) is 0 Å². The molecule has 0 spiro atoms. The molecule has 1 aliphatic rings. The van der Waals surface area contributed by atoms with Gasteiger partial charge in [0, 0.05) is 23.6 Å². The molecule has 2 aromatic rings. The Morgan fingerprint density at radius 3 is 2.59 bits per heavy atom. The molecular weight excluding hydrogens is 410 g/mol. The van der Waals surface area contributed by atoms with Crippen LogP contribution in [0.15, 0.2) is 53.0 Å². The second-order valence-corrected chi connectivity index (χ2v) is 7.61. The predicted molar refractivity (Wildman–Crippen MR) is 108 cm³/mol. The Morgan fingerprint density at radius 2 is 1.89 bits per heavy atom. The van der Waals surface area contributed by atoms with E-state index in [1.807, 2.05) is 36.4 Å². The van der Waals surface area contributed by atoms with Crippen LogP contribution in [0, 0.1) is 0 Å². The van der Waals surface area contributed by atoms with Gasteiger partial charge in [-0.2, -0.15) is 0 Å². The van der Waals surface area contributed by atoms with Gasteiger partial charge in [-0.05, 0) is 36.8 Å². The molecule has 1 saturated heterocycles. The number of para-hydroxylation sites is 2. The molecule has 146 valence electrons. The van der Waals surface area contributed by atoms with Crippen LogP contribution >= 0.6 is 15.9 Å². The minimum atomic E-state index is -0.596. The average molecular weight is 436 g/mol. The van der Waals surface area contributed by atoms with Gasteiger partial charge >= 0.3 is 0 Å². The summed E-state index contributed by atoms with van der Waals surface area (Å²) < 4.78 is 18.1. The van der Waals surface area contributed by atoms with Gasteiger partial charge in [0.1, 0.15) is 12.7 Å². The first-order valence-electron chi connectivity index (χ1n) is 9.13. The van der Waals surface area contributed by atoms with E-state index in [0.717, 1.165) is 16.6 Å². The maximum atomic E-state index is 10.5. The summed E-state index contributed by atoms with van der Waals surface area (Å²) in [6, 6.07) is 15.8. The normalized spacial score (nSPS) is 21.6. The lowest BCUT2D eigenvalue weighted by Gasteiger charge is -2.40. The van der Waals surface area contributed by atoms with E-state index >= 15 is 0 Å². The van der Waals surface area contributed by atoms with Crippen molar-refractivity contribution in [3.63, 3.8) is 0 Å². The summed E-state index contributed by atoms with van der Waals surface area (Å²) in [6.07, 6.45) is -0.602. The summed E-state index contributed by atoms with van der Waals surface area (Å²) in [6.45, 7) is 4.32. The fourth-order valence-electron chi connectivity index (χ4n) is 3.36. The van der Waals surface area contributed by atoms with E-state index in [9.17, 15) is 5.11 Å². The Hall–Kier alpha value is -1.60. The van der Waals surface area contributed by atoms with Gasteiger partial charge in [0.05, 0.1) is 19.8 Å². The Morgan fingerprint density at radius 1 is 1.19 bits per heavy atom. The van der Waals surface area contributed by atoms with Gasteiger partial charge in [0.25, 0.3) is 0 Å². The Bertz CT molecular complexity index is 724. The number of morpholine rings is 1. The Kier molecular flexibility index (Phi) is 7.13. The largest absolute Gasteiger partial charge is 0.493 e. The summed E-state index contributed by atoms with van der Waals surface area (Å²) in [4.78, 5) is 2.26. The number of aliphatic hydroxyl groups excluding tert-OH is 1. The monoisotopic (exact) mass is 435 g/mol.